The van der Waals surface area contributed by atoms with Gasteiger partial charge in [0, 0.05) is 0 Å². The molecule has 0 unspecified atom stereocenters. The molecule has 0 amide bonds. The summed E-state index contributed by atoms with van der Waals surface area (Å²) in [5.74, 6) is 0. The fraction of sp³-hybridized carbons (Fsp3) is 1.00. The van der Waals surface area contributed by atoms with E-state index in [1.54, 1.807) is 0 Å². The van der Waals surface area contributed by atoms with Crippen molar-refractivity contribution in [2.45, 2.75) is 7.43 Å². The summed E-state index contributed by atoms with van der Waals surface area (Å²) in [5, 5.41) is 0. The van der Waals surface area contributed by atoms with Crippen LogP contribution in [0.5, 0.6) is 0 Å². The molecule has 0 aliphatic carbocycles. The van der Waals surface area contributed by atoms with E-state index in [4.69, 9.17) is 0 Å². The maximum absolute atomic E-state index is 0. The smallest absolute Gasteiger partial charge is 0.870 e. The molecule has 0 fully saturated rings. The van der Waals surface area contributed by atoms with Gasteiger partial charge < -0.3 is 16.4 Å². The Kier molecular flexibility index (Phi) is 37400. The predicted molar refractivity (Wildman–Crippen MR) is 18.3 cm³/mol. The van der Waals surface area contributed by atoms with Crippen molar-refractivity contribution in [1.29, 1.82) is 0 Å². The van der Waals surface area contributed by atoms with E-state index in [1.165, 1.54) is 0 Å². The molecule has 0 radical (unpaired) electrons. The average molecular weight is 94.0 g/mol. The first-order chi connectivity index (χ1) is 0. The van der Waals surface area contributed by atoms with Crippen molar-refractivity contribution in [2.75, 3.05) is 0 Å². The average Bonchev–Trinajstić information content (AvgIpc) is 0. The first-order valence-electron chi connectivity index (χ1n) is 0. The van der Waals surface area contributed by atoms with Crippen molar-refractivity contribution in [3.63, 3.8) is 0 Å². The zero-order valence-electron chi connectivity index (χ0n) is 1.92. The van der Waals surface area contributed by atoms with Crippen LogP contribution in [-0.4, -0.2) is 33.8 Å². The van der Waals surface area contributed by atoms with Crippen LogP contribution in [0.25, 0.3) is 0 Å². The van der Waals surface area contributed by atoms with Gasteiger partial charge in [0.2, 0.25) is 0 Å². The molecule has 3 nitrogen and oxygen atoms in total. The summed E-state index contributed by atoms with van der Waals surface area (Å²) in [6.07, 6.45) is 0. The Balaban J connectivity index is 0. The molecule has 0 spiro atoms. The second-order valence-corrected chi connectivity index (χ2v) is 0. The standard InChI is InChI=1S/CH4.Al.3H2O/h1H4;;3*1H2/q;+3;;;/p-3. The van der Waals surface area contributed by atoms with E-state index in [9.17, 15) is 0 Å². The van der Waals surface area contributed by atoms with Crippen molar-refractivity contribution in [3.05, 3.63) is 0 Å². The minimum Gasteiger partial charge on any atom is -0.870 e. The predicted octanol–water partition coefficient (Wildman–Crippen LogP) is -0.275. The third kappa shape index (κ3) is 151. The summed E-state index contributed by atoms with van der Waals surface area (Å²) in [4.78, 5) is 0. The third-order valence-corrected chi connectivity index (χ3v) is 0. The number of rotatable bonds is 0. The van der Waals surface area contributed by atoms with Crippen LogP contribution >= 0.6 is 0 Å². The molecule has 5 heavy (non-hydrogen) atoms. The fourth-order valence-corrected chi connectivity index (χ4v) is 0. The van der Waals surface area contributed by atoms with Crippen LogP contribution < -0.4 is 0 Å². The van der Waals surface area contributed by atoms with Crippen LogP contribution in [-0.2, 0) is 0 Å². The van der Waals surface area contributed by atoms with Crippen molar-refractivity contribution in [3.8, 4) is 0 Å². The molecular formula is CH7AlO3. The van der Waals surface area contributed by atoms with Gasteiger partial charge in [0.15, 0.2) is 0 Å². The molecule has 3 N–H and O–H groups in total. The largest absolute Gasteiger partial charge is 3.00 e. The maximum Gasteiger partial charge on any atom is 3.00 e. The summed E-state index contributed by atoms with van der Waals surface area (Å²) in [6.45, 7) is 0. The van der Waals surface area contributed by atoms with Crippen LogP contribution in [0.1, 0.15) is 7.43 Å². The molecule has 0 atom stereocenters. The number of hydrogen-bond acceptors (Lipinski definition) is 3. The molecule has 0 heterocycles. The van der Waals surface area contributed by atoms with Crippen molar-refractivity contribution >= 4 is 17.4 Å². The molecule has 0 saturated carbocycles. The van der Waals surface area contributed by atoms with E-state index in [0.717, 1.165) is 0 Å². The molecule has 0 aliphatic rings. The van der Waals surface area contributed by atoms with Gasteiger partial charge in [0.25, 0.3) is 0 Å². The van der Waals surface area contributed by atoms with Gasteiger partial charge >= 0.3 is 17.4 Å². The monoisotopic (exact) mass is 94.0 g/mol. The first-order valence-corrected chi connectivity index (χ1v) is 0. The first kappa shape index (κ1) is 619. The van der Waals surface area contributed by atoms with E-state index in [0.29, 0.717) is 0 Å². The van der Waals surface area contributed by atoms with Gasteiger partial charge in [0.05, 0.1) is 0 Å². The van der Waals surface area contributed by atoms with Crippen LogP contribution in [0.4, 0.5) is 0 Å². The second-order valence-electron chi connectivity index (χ2n) is 0. The fourth-order valence-electron chi connectivity index (χ4n) is 0. The second kappa shape index (κ2) is 302. The van der Waals surface area contributed by atoms with Gasteiger partial charge in [0.1, 0.15) is 0 Å². The molecule has 0 bridgehead atoms. The zero-order valence-corrected chi connectivity index (χ0v) is 3.07. The molecule has 0 saturated heterocycles. The minimum atomic E-state index is 0. The summed E-state index contributed by atoms with van der Waals surface area (Å²) in [6, 6.07) is 0. The van der Waals surface area contributed by atoms with Gasteiger partial charge in [-0.15, -0.1) is 0 Å². The van der Waals surface area contributed by atoms with Crippen molar-refractivity contribution < 1.29 is 16.4 Å². The van der Waals surface area contributed by atoms with Gasteiger partial charge in [-0.25, -0.2) is 0 Å². The van der Waals surface area contributed by atoms with E-state index in [2.05, 4.69) is 0 Å². The molecule has 4 heteroatoms. The summed E-state index contributed by atoms with van der Waals surface area (Å²) in [7, 11) is 0. The van der Waals surface area contributed by atoms with E-state index in [-0.39, 0.29) is 41.2 Å². The molecular weight excluding hydrogens is 87.0 g/mol. The Morgan fingerprint density at radius 1 is 0.600 bits per heavy atom. The summed E-state index contributed by atoms with van der Waals surface area (Å²) < 4.78 is 0. The van der Waals surface area contributed by atoms with Gasteiger partial charge in [-0.1, -0.05) is 7.43 Å². The Labute approximate surface area is 42.1 Å². The summed E-state index contributed by atoms with van der Waals surface area (Å²) >= 11 is 0. The molecule has 32 valence electrons. The molecule has 0 aliphatic heterocycles. The van der Waals surface area contributed by atoms with Crippen LogP contribution in [0.2, 0.25) is 0 Å². The van der Waals surface area contributed by atoms with Crippen LogP contribution in [0.15, 0.2) is 0 Å². The normalized spacial score (nSPS) is 0. The number of hydrogen-bond donors (Lipinski definition) is 0. The third-order valence-electron chi connectivity index (χ3n) is 0. The van der Waals surface area contributed by atoms with E-state index in [1.807, 2.05) is 0 Å². The topological polar surface area (TPSA) is 90.0 Å². The van der Waals surface area contributed by atoms with E-state index >= 15 is 0 Å². The van der Waals surface area contributed by atoms with Gasteiger partial charge in [-0.2, -0.15) is 0 Å². The Bertz CT molecular complexity index is 6.85. The van der Waals surface area contributed by atoms with Crippen molar-refractivity contribution in [1.82, 2.24) is 0 Å². The van der Waals surface area contributed by atoms with E-state index < -0.39 is 0 Å². The molecule has 0 aromatic carbocycles. The quantitative estimate of drug-likeness (QED) is 0.386. The van der Waals surface area contributed by atoms with Gasteiger partial charge in [-0.3, -0.25) is 0 Å². The van der Waals surface area contributed by atoms with Crippen molar-refractivity contribution in [2.24, 2.45) is 0 Å². The maximum atomic E-state index is 0. The Morgan fingerprint density at radius 3 is 0.600 bits per heavy atom. The van der Waals surface area contributed by atoms with Crippen LogP contribution in [0.3, 0.4) is 0 Å². The zero-order chi connectivity index (χ0) is 0. The minimum absolute atomic E-state index is 0. The molecule has 0 aromatic heterocycles. The Morgan fingerprint density at radius 2 is 0.600 bits per heavy atom. The van der Waals surface area contributed by atoms with Gasteiger partial charge in [-0.05, 0) is 0 Å². The molecule has 0 rings (SSSR count). The summed E-state index contributed by atoms with van der Waals surface area (Å²) in [5.41, 5.74) is 0. The van der Waals surface area contributed by atoms with Crippen LogP contribution in [0, 0.1) is 0 Å². The SMILES string of the molecule is C.[Al+3].[OH-].[OH-].[OH-]. The Hall–Kier alpha value is 0.412. The molecule has 0 aromatic rings.